The maximum absolute atomic E-state index is 12.4. The van der Waals surface area contributed by atoms with Crippen LogP contribution in [0, 0.1) is 5.92 Å². The first-order chi connectivity index (χ1) is 14.0. The van der Waals surface area contributed by atoms with Gasteiger partial charge in [0.15, 0.2) is 9.84 Å². The molecule has 3 aromatic rings. The number of nitrogens with one attached hydrogen (secondary N) is 1. The molecule has 29 heavy (non-hydrogen) atoms. The predicted octanol–water partition coefficient (Wildman–Crippen LogP) is 2.65. The van der Waals surface area contributed by atoms with Gasteiger partial charge in [0.2, 0.25) is 5.91 Å². The van der Waals surface area contributed by atoms with Crippen molar-refractivity contribution in [2.75, 3.05) is 11.5 Å². The fourth-order valence-electron chi connectivity index (χ4n) is 3.61. The van der Waals surface area contributed by atoms with Crippen LogP contribution >= 0.6 is 0 Å². The van der Waals surface area contributed by atoms with Gasteiger partial charge in [-0.1, -0.05) is 60.7 Å². The molecule has 1 saturated heterocycles. The molecule has 0 saturated carbocycles. The Balaban J connectivity index is 1.53. The number of hydrogen-bond acceptors (Lipinski definition) is 4. The minimum absolute atomic E-state index is 0.0579. The van der Waals surface area contributed by atoms with Crippen molar-refractivity contribution >= 4 is 15.7 Å². The summed E-state index contributed by atoms with van der Waals surface area (Å²) < 4.78 is 25.2. The molecule has 1 aliphatic heterocycles. The fourth-order valence-corrected chi connectivity index (χ4v) is 5.35. The van der Waals surface area contributed by atoms with Gasteiger partial charge in [-0.15, -0.1) is 0 Å². The van der Waals surface area contributed by atoms with Crippen LogP contribution in [0.15, 0.2) is 66.9 Å². The molecule has 6 nitrogen and oxygen atoms in total. The smallest absolute Gasteiger partial charge is 0.224 e. The summed E-state index contributed by atoms with van der Waals surface area (Å²) in [6, 6.07) is 19.9. The third-order valence-corrected chi connectivity index (χ3v) is 6.90. The molecule has 0 radical (unpaired) electrons. The molecule has 1 aliphatic rings. The lowest BCUT2D eigenvalue weighted by Gasteiger charge is -2.09. The molecule has 4 rings (SSSR count). The van der Waals surface area contributed by atoms with Crippen LogP contribution in [-0.4, -0.2) is 35.6 Å². The second-order valence-corrected chi connectivity index (χ2v) is 9.60. The van der Waals surface area contributed by atoms with E-state index in [1.54, 1.807) is 0 Å². The summed E-state index contributed by atoms with van der Waals surface area (Å²) in [5.41, 5.74) is 3.84. The van der Waals surface area contributed by atoms with Gasteiger partial charge in [0.1, 0.15) is 0 Å². The monoisotopic (exact) mass is 409 g/mol. The average molecular weight is 410 g/mol. The Bertz CT molecular complexity index is 1090. The van der Waals surface area contributed by atoms with Crippen LogP contribution in [0.3, 0.4) is 0 Å². The first-order valence-corrected chi connectivity index (χ1v) is 11.5. The van der Waals surface area contributed by atoms with Gasteiger partial charge in [-0.2, -0.15) is 5.10 Å². The van der Waals surface area contributed by atoms with Gasteiger partial charge in [0.25, 0.3) is 0 Å². The summed E-state index contributed by atoms with van der Waals surface area (Å²) in [6.07, 6.45) is 2.34. The minimum atomic E-state index is -3.08. The number of nitrogens with zero attached hydrogens (tertiary/aromatic N) is 2. The summed E-state index contributed by atoms with van der Waals surface area (Å²) in [5.74, 6) is -0.632. The Morgan fingerprint density at radius 2 is 1.76 bits per heavy atom. The van der Waals surface area contributed by atoms with E-state index in [2.05, 4.69) is 5.32 Å². The minimum Gasteiger partial charge on any atom is -0.352 e. The van der Waals surface area contributed by atoms with Gasteiger partial charge in [0.05, 0.1) is 29.7 Å². The average Bonchev–Trinajstić information content (AvgIpc) is 3.30. The van der Waals surface area contributed by atoms with Crippen LogP contribution < -0.4 is 5.32 Å². The van der Waals surface area contributed by atoms with Gasteiger partial charge in [-0.05, 0) is 12.0 Å². The van der Waals surface area contributed by atoms with Crippen LogP contribution in [0.4, 0.5) is 0 Å². The molecule has 1 amide bonds. The number of sulfone groups is 1. The Morgan fingerprint density at radius 3 is 2.41 bits per heavy atom. The maximum Gasteiger partial charge on any atom is 0.224 e. The molecule has 7 heteroatoms. The van der Waals surface area contributed by atoms with Gasteiger partial charge in [-0.3, -0.25) is 9.48 Å². The van der Waals surface area contributed by atoms with E-state index in [0.717, 1.165) is 22.4 Å². The van der Waals surface area contributed by atoms with E-state index in [0.29, 0.717) is 19.5 Å². The van der Waals surface area contributed by atoms with Gasteiger partial charge < -0.3 is 5.32 Å². The molecule has 0 aliphatic carbocycles. The molecule has 0 spiro atoms. The fraction of sp³-hybridized carbons (Fsp3) is 0.273. The Labute approximate surface area is 170 Å². The maximum atomic E-state index is 12.4. The number of benzene rings is 2. The molecule has 1 atom stereocenters. The van der Waals surface area contributed by atoms with Crippen molar-refractivity contribution in [2.24, 2.45) is 5.92 Å². The second kappa shape index (κ2) is 8.21. The van der Waals surface area contributed by atoms with E-state index < -0.39 is 15.8 Å². The Morgan fingerprint density at radius 1 is 1.07 bits per heavy atom. The number of rotatable bonds is 6. The third-order valence-electron chi connectivity index (χ3n) is 5.13. The highest BCUT2D eigenvalue weighted by atomic mass is 32.2. The normalized spacial score (nSPS) is 17.9. The first kappa shape index (κ1) is 19.4. The van der Waals surface area contributed by atoms with Crippen molar-refractivity contribution in [3.8, 4) is 11.3 Å². The molecule has 1 aromatic heterocycles. The molecular weight excluding hydrogens is 386 g/mol. The zero-order chi connectivity index (χ0) is 20.3. The van der Waals surface area contributed by atoms with Crippen LogP contribution in [0.2, 0.25) is 0 Å². The summed E-state index contributed by atoms with van der Waals surface area (Å²) in [7, 11) is -3.08. The van der Waals surface area contributed by atoms with Crippen molar-refractivity contribution in [3.05, 3.63) is 78.0 Å². The molecule has 2 heterocycles. The highest BCUT2D eigenvalue weighted by molar-refractivity contribution is 7.91. The SMILES string of the molecule is O=C(NCc1cn(Cc2ccccc2)nc1-c1ccccc1)C1CCS(=O)(=O)C1. The molecular formula is C22H23N3O3S. The zero-order valence-electron chi connectivity index (χ0n) is 16.0. The highest BCUT2D eigenvalue weighted by Crippen LogP contribution is 2.23. The summed E-state index contributed by atoms with van der Waals surface area (Å²) >= 11 is 0. The van der Waals surface area contributed by atoms with E-state index >= 15 is 0 Å². The summed E-state index contributed by atoms with van der Waals surface area (Å²) in [6.45, 7) is 0.948. The van der Waals surface area contributed by atoms with Gasteiger partial charge >= 0.3 is 0 Å². The van der Waals surface area contributed by atoms with E-state index in [1.807, 2.05) is 71.5 Å². The Kier molecular flexibility index (Phi) is 5.49. The van der Waals surface area contributed by atoms with E-state index in [4.69, 9.17) is 5.10 Å². The van der Waals surface area contributed by atoms with E-state index in [-0.39, 0.29) is 17.4 Å². The quantitative estimate of drug-likeness (QED) is 0.679. The highest BCUT2D eigenvalue weighted by Gasteiger charge is 2.32. The van der Waals surface area contributed by atoms with Gasteiger partial charge in [-0.25, -0.2) is 8.42 Å². The predicted molar refractivity (Wildman–Crippen MR) is 112 cm³/mol. The summed E-state index contributed by atoms with van der Waals surface area (Å²) in [5, 5.41) is 7.65. The van der Waals surface area contributed by atoms with Crippen LogP contribution in [-0.2, 0) is 27.7 Å². The zero-order valence-corrected chi connectivity index (χ0v) is 16.8. The van der Waals surface area contributed by atoms with Crippen molar-refractivity contribution in [1.29, 1.82) is 0 Å². The lowest BCUT2D eigenvalue weighted by molar-refractivity contribution is -0.124. The van der Waals surface area contributed by atoms with Crippen LogP contribution in [0.1, 0.15) is 17.5 Å². The lowest BCUT2D eigenvalue weighted by Crippen LogP contribution is -2.31. The van der Waals surface area contributed by atoms with Crippen molar-refractivity contribution < 1.29 is 13.2 Å². The van der Waals surface area contributed by atoms with Crippen LogP contribution in [0.5, 0.6) is 0 Å². The number of carbonyl (C=O) groups is 1. The second-order valence-electron chi connectivity index (χ2n) is 7.37. The van der Waals surface area contributed by atoms with E-state index in [1.165, 1.54) is 0 Å². The third kappa shape index (κ3) is 4.74. The van der Waals surface area contributed by atoms with Crippen molar-refractivity contribution in [2.45, 2.75) is 19.5 Å². The molecule has 0 bridgehead atoms. The van der Waals surface area contributed by atoms with Crippen molar-refractivity contribution in [3.63, 3.8) is 0 Å². The summed E-state index contributed by atoms with van der Waals surface area (Å²) in [4.78, 5) is 12.4. The van der Waals surface area contributed by atoms with Crippen molar-refractivity contribution in [1.82, 2.24) is 15.1 Å². The first-order valence-electron chi connectivity index (χ1n) is 9.64. The molecule has 2 aromatic carbocycles. The van der Waals surface area contributed by atoms with Gasteiger partial charge in [0, 0.05) is 23.9 Å². The number of carbonyl (C=O) groups excluding carboxylic acids is 1. The van der Waals surface area contributed by atoms with E-state index in [9.17, 15) is 13.2 Å². The Hall–Kier alpha value is -2.93. The largest absolute Gasteiger partial charge is 0.352 e. The number of aromatic nitrogens is 2. The number of hydrogen-bond donors (Lipinski definition) is 1. The topological polar surface area (TPSA) is 81.1 Å². The standard InChI is InChI=1S/C22H23N3O3S/c26-22(19-11-12-29(27,28)16-19)23-13-20-15-25(14-17-7-3-1-4-8-17)24-21(20)18-9-5-2-6-10-18/h1-10,15,19H,11-14,16H2,(H,23,26). The molecule has 1 N–H and O–H groups in total. The molecule has 1 unspecified atom stereocenters. The van der Waals surface area contributed by atoms with Crippen LogP contribution in [0.25, 0.3) is 11.3 Å². The number of amides is 1. The lowest BCUT2D eigenvalue weighted by atomic mass is 10.1. The molecule has 1 fully saturated rings. The molecule has 150 valence electrons.